The van der Waals surface area contributed by atoms with Crippen LogP contribution >= 0.6 is 0 Å². The monoisotopic (exact) mass is 1900 g/mol. The van der Waals surface area contributed by atoms with Gasteiger partial charge in [0.1, 0.15) is 34.5 Å². The number of hydrogen-bond acceptors (Lipinski definition) is 6. The van der Waals surface area contributed by atoms with Crippen molar-refractivity contribution in [2.75, 3.05) is 40.1 Å². The van der Waals surface area contributed by atoms with E-state index in [1.54, 1.807) is 7.11 Å². The van der Waals surface area contributed by atoms with E-state index in [4.69, 9.17) is 28.4 Å². The second-order valence-electron chi connectivity index (χ2n) is 39.4. The predicted molar refractivity (Wildman–Crippen MR) is 611 cm³/mol. The molecule has 0 aromatic heterocycles. The molecule has 141 heavy (non-hydrogen) atoms. The first-order valence-electron chi connectivity index (χ1n) is 55.1. The Morgan fingerprint density at radius 1 is 0.142 bits per heavy atom. The first kappa shape index (κ1) is 117. The smallest absolute Gasteiger partial charge is 0.122 e. The lowest BCUT2D eigenvalue weighted by Gasteiger charge is -2.15. The van der Waals surface area contributed by atoms with Crippen LogP contribution in [0.1, 0.15) is 346 Å². The number of unbranched alkanes of at least 4 members (excludes halogenated alkanes) is 6. The van der Waals surface area contributed by atoms with Crippen molar-refractivity contribution in [1.82, 2.24) is 0 Å². The number of methoxy groups -OCH3 is 1. The Bertz CT molecular complexity index is 5480. The maximum Gasteiger partial charge on any atom is 0.122 e. The van der Waals surface area contributed by atoms with Crippen molar-refractivity contribution in [3.05, 3.63) is 385 Å². The fourth-order valence-corrected chi connectivity index (χ4v) is 18.3. The van der Waals surface area contributed by atoms with Crippen LogP contribution < -0.4 is 28.4 Å². The Kier molecular flexibility index (Phi) is 55.8. The largest absolute Gasteiger partial charge is 0.496 e. The van der Waals surface area contributed by atoms with Gasteiger partial charge in [0.05, 0.1) is 40.1 Å². The zero-order chi connectivity index (χ0) is 102. The third-order valence-corrected chi connectivity index (χ3v) is 28.6. The molecule has 0 saturated heterocycles. The third kappa shape index (κ3) is 41.0. The summed E-state index contributed by atoms with van der Waals surface area (Å²) in [6.07, 6.45) is 39.5. The zero-order valence-corrected chi connectivity index (χ0v) is 92.8. The highest BCUT2D eigenvalue weighted by Crippen LogP contribution is 2.33. The molecule has 0 spiro atoms. The summed E-state index contributed by atoms with van der Waals surface area (Å²) in [6.45, 7) is 54.5. The van der Waals surface area contributed by atoms with Crippen LogP contribution in [0.2, 0.25) is 0 Å². The molecule has 0 N–H and O–H groups in total. The molecule has 762 valence electrons. The van der Waals surface area contributed by atoms with Gasteiger partial charge in [0.15, 0.2) is 0 Å². The van der Waals surface area contributed by atoms with Gasteiger partial charge in [-0.3, -0.25) is 0 Å². The fourth-order valence-electron chi connectivity index (χ4n) is 18.3. The second kappa shape index (κ2) is 67.1. The summed E-state index contributed by atoms with van der Waals surface area (Å²) in [4.78, 5) is 0. The van der Waals surface area contributed by atoms with Gasteiger partial charge in [-0.2, -0.15) is 0 Å². The lowest BCUT2D eigenvalue weighted by atomic mass is 9.96. The van der Waals surface area contributed by atoms with E-state index in [9.17, 15) is 0 Å². The molecule has 6 nitrogen and oxygen atoms in total. The minimum Gasteiger partial charge on any atom is -0.496 e. The average molecular weight is 1900 g/mol. The van der Waals surface area contributed by atoms with Crippen molar-refractivity contribution >= 4 is 0 Å². The Labute approximate surface area is 860 Å². The first-order chi connectivity index (χ1) is 68.4. The van der Waals surface area contributed by atoms with Crippen molar-refractivity contribution in [1.29, 1.82) is 0 Å². The lowest BCUT2D eigenvalue weighted by Crippen LogP contribution is -2.02. The topological polar surface area (TPSA) is 55.4 Å². The van der Waals surface area contributed by atoms with Crippen LogP contribution in [-0.2, 0) is 116 Å². The summed E-state index contributed by atoms with van der Waals surface area (Å²) in [5, 5.41) is 0. The van der Waals surface area contributed by atoms with Gasteiger partial charge in [0.25, 0.3) is 0 Å². The minimum absolute atomic E-state index is 0.726. The normalized spacial score (nSPS) is 10.8. The van der Waals surface area contributed by atoms with Gasteiger partial charge in [-0.15, -0.1) is 0 Å². The number of rotatable bonds is 51. The van der Waals surface area contributed by atoms with E-state index in [0.29, 0.717) is 0 Å². The molecule has 6 heteroatoms. The molecule has 0 saturated carbocycles. The van der Waals surface area contributed by atoms with Gasteiger partial charge < -0.3 is 28.4 Å². The third-order valence-electron chi connectivity index (χ3n) is 28.6. The molecular weight excluding hydrogens is 1720 g/mol. The Morgan fingerprint density at radius 3 is 0.518 bits per heavy atom. The second-order valence-corrected chi connectivity index (χ2v) is 39.4. The minimum atomic E-state index is 0.726. The highest BCUT2D eigenvalue weighted by atomic mass is 16.5. The Balaban J connectivity index is 0.000000230. The van der Waals surface area contributed by atoms with E-state index >= 15 is 0 Å². The summed E-state index contributed by atoms with van der Waals surface area (Å²) in [5.74, 6) is 6.21. The first-order valence-corrected chi connectivity index (χ1v) is 55.1. The molecule has 0 aliphatic carbocycles. The van der Waals surface area contributed by atoms with Gasteiger partial charge in [-0.25, -0.2) is 0 Å². The van der Waals surface area contributed by atoms with Crippen LogP contribution in [0.3, 0.4) is 0 Å². The van der Waals surface area contributed by atoms with E-state index in [1.165, 1.54) is 282 Å². The molecule has 0 bridgehead atoms. The van der Waals surface area contributed by atoms with Crippen LogP contribution in [-0.4, -0.2) is 40.1 Å². The van der Waals surface area contributed by atoms with Crippen molar-refractivity contribution < 1.29 is 28.4 Å². The molecule has 0 fully saturated rings. The molecule has 0 aliphatic heterocycles. The van der Waals surface area contributed by atoms with Gasteiger partial charge in [0.2, 0.25) is 0 Å². The quantitative estimate of drug-likeness (QED) is 0.0354. The number of aryl methyl sites for hydroxylation is 18. The maximum absolute atomic E-state index is 6.02. The van der Waals surface area contributed by atoms with Gasteiger partial charge in [-0.05, 0) is 435 Å². The molecule has 12 rings (SSSR count). The van der Waals surface area contributed by atoms with Crippen LogP contribution in [0, 0.1) is 83.1 Å². The van der Waals surface area contributed by atoms with E-state index in [2.05, 4.69) is 371 Å². The van der Waals surface area contributed by atoms with Crippen LogP contribution in [0.5, 0.6) is 34.5 Å². The van der Waals surface area contributed by atoms with Gasteiger partial charge in [0, 0.05) is 0 Å². The molecule has 0 radical (unpaired) electrons. The zero-order valence-electron chi connectivity index (χ0n) is 92.8. The van der Waals surface area contributed by atoms with Crippen LogP contribution in [0.25, 0.3) is 0 Å². The molecular formula is C135H186O6. The highest BCUT2D eigenvalue weighted by molar-refractivity contribution is 5.50. The Hall–Kier alpha value is -10.6. The lowest BCUT2D eigenvalue weighted by molar-refractivity contribution is 0.303. The van der Waals surface area contributed by atoms with Crippen molar-refractivity contribution in [3.8, 4) is 34.5 Å². The molecule has 0 unspecified atom stereocenters. The summed E-state index contributed by atoms with van der Waals surface area (Å²) >= 11 is 0. The molecule has 0 atom stereocenters. The van der Waals surface area contributed by atoms with E-state index in [0.717, 1.165) is 170 Å². The number of benzene rings is 12. The van der Waals surface area contributed by atoms with E-state index in [1.807, 2.05) is 6.92 Å². The van der Waals surface area contributed by atoms with Crippen LogP contribution in [0.15, 0.2) is 218 Å². The summed E-state index contributed by atoms with van der Waals surface area (Å²) in [6, 6.07) is 81.0. The fraction of sp³-hybridized carbons (Fsp3) is 0.467. The van der Waals surface area contributed by atoms with Crippen molar-refractivity contribution in [2.45, 2.75) is 378 Å². The van der Waals surface area contributed by atoms with Crippen molar-refractivity contribution in [2.24, 2.45) is 0 Å². The summed E-state index contributed by atoms with van der Waals surface area (Å²) in [7, 11) is 1.74. The van der Waals surface area contributed by atoms with Gasteiger partial charge in [-0.1, -0.05) is 328 Å². The summed E-state index contributed by atoms with van der Waals surface area (Å²) < 4.78 is 34.8. The molecule has 0 amide bonds. The highest BCUT2D eigenvalue weighted by Gasteiger charge is 2.16. The number of hydrogen-bond donors (Lipinski definition) is 0. The molecule has 12 aromatic carbocycles. The van der Waals surface area contributed by atoms with E-state index < -0.39 is 0 Å². The Morgan fingerprint density at radius 2 is 0.319 bits per heavy atom. The molecule has 0 heterocycles. The van der Waals surface area contributed by atoms with E-state index in [-0.39, 0.29) is 0 Å². The van der Waals surface area contributed by atoms with Crippen LogP contribution in [0.4, 0.5) is 0 Å². The maximum atomic E-state index is 6.02. The average Bonchev–Trinajstić information content (AvgIpc) is 0.853. The molecule has 12 aromatic rings. The molecule has 0 aliphatic rings. The van der Waals surface area contributed by atoms with Crippen molar-refractivity contribution in [3.63, 3.8) is 0 Å². The predicted octanol–water partition coefficient (Wildman–Crippen LogP) is 36.1. The van der Waals surface area contributed by atoms with Gasteiger partial charge >= 0.3 is 0 Å². The SMILES string of the molecule is CCCCCCOc1ccc(CCc2ccc(CCC)cc2)c(C)c1C.CCCCCOc1ccc(CCc2ccc(CCC)cc2)c(C)c1C.CCCCOc1ccc(CCc2ccc(CCC)cc2)c(C)c1C.CCCOc1ccc(CCc2ccc(CCC)cc2)c(C)c1C.CCCc1ccc(CCc2ccc(OC)c(C)c2C)cc1.CCCc1ccc(CCc2ccc(OCC)c(C)c2C)cc1. The summed E-state index contributed by atoms with van der Waals surface area (Å²) in [5.41, 5.74) is 41.8. The number of ether oxygens (including phenoxy) is 6. The standard InChI is InChI=1S/C25H36O.C24H34O.C23H32O.C22H30O.C21H28O.C20H26O/c1-5-7-8-9-19-26-25-18-17-24(20(3)21(25)4)16-15-23-13-11-22(10-6-2)12-14-23;1-5-7-8-18-25-24-17-16-23(19(3)20(24)4)15-14-22-12-10-21(9-6-2)11-13-22;1-5-7-17-24-23-16-15-22(18(3)19(23)4)14-13-21-11-9-20(8-6-2)10-12-21;1-5-7-19-8-10-20(11-9-19)12-13-21-14-15-22(23-16-6-2)18(4)17(21)3;1-5-7-18-8-10-19(11-9-18)12-13-20-14-15-21(22-6-2)17(4)16(20)3;1-5-6-17-7-9-18(10-8-17)11-12-19-13-14-20(21-4)16(3)15(19)2/h11-14,17-18H,5-10,15-16,19H2,1-4H3;10-13,16-17H,5-9,14-15,18H2,1-4H3;9-12,15-16H,5-8,13-14,17H2,1-4H3;8-11,14-15H,5-7,12-13,16H2,1-4H3;8-11,14-15H,5-7,12-13H2,1-4H3;7-10,13-14H,5-6,11-12H2,1-4H3.